The first kappa shape index (κ1) is 57.4. The Morgan fingerprint density at radius 1 is 0.548 bits per heavy atom. The lowest BCUT2D eigenvalue weighted by molar-refractivity contribution is -0.297. The zero-order valence-electron chi connectivity index (χ0n) is 38.2. The second-order valence-corrected chi connectivity index (χ2v) is 17.9. The summed E-state index contributed by atoms with van der Waals surface area (Å²) in [7, 11) is -4.61. The van der Waals surface area contributed by atoms with Gasteiger partial charge < -0.3 is 34.3 Å². The van der Waals surface area contributed by atoms with Gasteiger partial charge in [0, 0.05) is 12.8 Å². The fraction of sp³-hybridized carbons (Fsp3) is 0.755. The zero-order chi connectivity index (χ0) is 45.5. The number of carbonyl (C=O) groups excluding carboxylic acids is 2. The van der Waals surface area contributed by atoms with Crippen molar-refractivity contribution in [3.05, 3.63) is 60.8 Å². The summed E-state index contributed by atoms with van der Waals surface area (Å²) in [6.07, 6.45) is 38.3. The van der Waals surface area contributed by atoms with Crippen LogP contribution in [0.25, 0.3) is 0 Å². The van der Waals surface area contributed by atoms with E-state index in [9.17, 15) is 37.9 Å². The van der Waals surface area contributed by atoms with E-state index in [1.807, 2.05) is 0 Å². The molecule has 0 radical (unpaired) electrons. The molecular formula is C49H84O12S. The molecule has 6 atom stereocenters. The molecule has 62 heavy (non-hydrogen) atoms. The third-order valence-electron chi connectivity index (χ3n) is 10.6. The molecule has 0 aliphatic carbocycles. The lowest BCUT2D eigenvalue weighted by atomic mass is 10.00. The maximum atomic E-state index is 12.8. The highest BCUT2D eigenvalue weighted by molar-refractivity contribution is 7.85. The minimum atomic E-state index is -4.61. The Hall–Kier alpha value is -2.65. The Labute approximate surface area is 375 Å². The molecule has 358 valence electrons. The minimum Gasteiger partial charge on any atom is -0.462 e. The second kappa shape index (κ2) is 38.8. The summed E-state index contributed by atoms with van der Waals surface area (Å²) in [6.45, 7) is 3.66. The van der Waals surface area contributed by atoms with Gasteiger partial charge in [0.1, 0.15) is 36.8 Å². The van der Waals surface area contributed by atoms with Crippen molar-refractivity contribution in [2.75, 3.05) is 19.0 Å². The number of rotatable bonds is 39. The van der Waals surface area contributed by atoms with Crippen LogP contribution in [0.4, 0.5) is 0 Å². The summed E-state index contributed by atoms with van der Waals surface area (Å²) in [5.74, 6) is -2.03. The van der Waals surface area contributed by atoms with Gasteiger partial charge in [0.15, 0.2) is 12.4 Å². The topological polar surface area (TPSA) is 186 Å². The van der Waals surface area contributed by atoms with Crippen LogP contribution in [0.5, 0.6) is 0 Å². The highest BCUT2D eigenvalue weighted by Crippen LogP contribution is 2.24. The summed E-state index contributed by atoms with van der Waals surface area (Å²) in [5, 5.41) is 30.9. The number of aliphatic hydroxyl groups excluding tert-OH is 3. The van der Waals surface area contributed by atoms with E-state index in [1.54, 1.807) is 0 Å². The second-order valence-electron chi connectivity index (χ2n) is 16.4. The van der Waals surface area contributed by atoms with Gasteiger partial charge in [-0.15, -0.1) is 0 Å². The normalized spacial score (nSPS) is 20.4. The molecule has 0 bridgehead atoms. The molecular weight excluding hydrogens is 813 g/mol. The summed E-state index contributed by atoms with van der Waals surface area (Å²) in [6, 6.07) is 0. The molecule has 1 fully saturated rings. The molecule has 0 amide bonds. The Kier molecular flexibility index (Phi) is 35.9. The largest absolute Gasteiger partial charge is 0.462 e. The number of hydrogen-bond acceptors (Lipinski definition) is 11. The summed E-state index contributed by atoms with van der Waals surface area (Å²) < 4.78 is 54.1. The Morgan fingerprint density at radius 3 is 1.53 bits per heavy atom. The Morgan fingerprint density at radius 2 is 1.00 bits per heavy atom. The van der Waals surface area contributed by atoms with E-state index in [0.29, 0.717) is 12.8 Å². The van der Waals surface area contributed by atoms with Crippen molar-refractivity contribution < 1.29 is 56.8 Å². The maximum Gasteiger partial charge on any atom is 0.306 e. The van der Waals surface area contributed by atoms with Crippen molar-refractivity contribution in [1.82, 2.24) is 0 Å². The third-order valence-corrected chi connectivity index (χ3v) is 11.3. The SMILES string of the molecule is CCC/C=C/C/C=C/C/C=C/C/C=C/CCCCCC(=O)OC[C@H](CO[C@H]1O[C@H](CS(=O)(=O)O)[C@@H](O)C(O)C1O)OC(=O)CCCCCCCCC/C=C/CCCCCCCC. The standard InChI is InChI=1S/C49H84O12S/c1-3-5-7-9-11-13-15-17-19-21-23-25-27-29-31-33-35-37-44(50)58-39-42(40-59-49-48(54)47(53)46(52)43(61-49)41-62(55,56)57)60-45(51)38-36-34-32-30-28-26-24-22-20-18-16-14-12-10-8-6-4-2/h7,9,13,15,18-21,25,27,42-43,46-49,52-54H,3-6,8,10-12,14,16-17,22-24,26,28-41H2,1-2H3,(H,55,56,57)/b9-7+,15-13+,20-18+,21-19+,27-25+/t42-,43-,46-,47?,48?,49+/m1/s1. The van der Waals surface area contributed by atoms with Crippen LogP contribution in [-0.2, 0) is 38.7 Å². The van der Waals surface area contributed by atoms with Crippen LogP contribution in [0.3, 0.4) is 0 Å². The molecule has 1 aliphatic rings. The number of aliphatic hydroxyl groups is 3. The molecule has 1 rings (SSSR count). The van der Waals surface area contributed by atoms with Crippen LogP contribution in [-0.4, -0.2) is 96.0 Å². The van der Waals surface area contributed by atoms with Crippen molar-refractivity contribution in [3.63, 3.8) is 0 Å². The van der Waals surface area contributed by atoms with Gasteiger partial charge in [-0.3, -0.25) is 14.1 Å². The first-order valence-electron chi connectivity index (χ1n) is 23.8. The van der Waals surface area contributed by atoms with Crippen molar-refractivity contribution in [2.24, 2.45) is 0 Å². The molecule has 13 heteroatoms. The molecule has 1 aliphatic heterocycles. The highest BCUT2D eigenvalue weighted by Gasteiger charge is 2.46. The molecule has 0 aromatic rings. The number of ether oxygens (including phenoxy) is 4. The fourth-order valence-electron chi connectivity index (χ4n) is 6.84. The van der Waals surface area contributed by atoms with Gasteiger partial charge in [0.2, 0.25) is 0 Å². The smallest absolute Gasteiger partial charge is 0.306 e. The van der Waals surface area contributed by atoms with E-state index in [2.05, 4.69) is 74.6 Å². The molecule has 0 saturated carbocycles. The monoisotopic (exact) mass is 897 g/mol. The number of hydrogen-bond donors (Lipinski definition) is 4. The van der Waals surface area contributed by atoms with Crippen LogP contribution < -0.4 is 0 Å². The quantitative estimate of drug-likeness (QED) is 0.0198. The molecule has 0 aromatic heterocycles. The highest BCUT2D eigenvalue weighted by atomic mass is 32.2. The van der Waals surface area contributed by atoms with Gasteiger partial charge in [-0.2, -0.15) is 8.42 Å². The van der Waals surface area contributed by atoms with Crippen LogP contribution in [0.2, 0.25) is 0 Å². The van der Waals surface area contributed by atoms with E-state index < -0.39 is 71.2 Å². The van der Waals surface area contributed by atoms with Crippen LogP contribution >= 0.6 is 0 Å². The average Bonchev–Trinajstić information content (AvgIpc) is 3.24. The average molecular weight is 897 g/mol. The molecule has 1 saturated heterocycles. The van der Waals surface area contributed by atoms with Crippen LogP contribution in [0.1, 0.15) is 181 Å². The van der Waals surface area contributed by atoms with E-state index in [4.69, 9.17) is 18.9 Å². The lowest BCUT2D eigenvalue weighted by Gasteiger charge is -2.40. The number of carbonyl (C=O) groups is 2. The van der Waals surface area contributed by atoms with Crippen LogP contribution in [0, 0.1) is 0 Å². The van der Waals surface area contributed by atoms with Gasteiger partial charge in [-0.05, 0) is 77.0 Å². The van der Waals surface area contributed by atoms with Gasteiger partial charge in [-0.1, -0.05) is 152 Å². The van der Waals surface area contributed by atoms with Gasteiger partial charge >= 0.3 is 11.9 Å². The lowest BCUT2D eigenvalue weighted by Crippen LogP contribution is -2.60. The molecule has 0 spiro atoms. The molecule has 4 N–H and O–H groups in total. The molecule has 1 heterocycles. The van der Waals surface area contributed by atoms with E-state index in [-0.39, 0.29) is 19.4 Å². The van der Waals surface area contributed by atoms with E-state index >= 15 is 0 Å². The Balaban J connectivity index is 2.45. The number of unbranched alkanes of at least 4 members (excludes halogenated alkanes) is 17. The van der Waals surface area contributed by atoms with Gasteiger partial charge in [-0.25, -0.2) is 0 Å². The van der Waals surface area contributed by atoms with E-state index in [0.717, 1.165) is 77.0 Å². The van der Waals surface area contributed by atoms with Gasteiger partial charge in [0.05, 0.1) is 6.61 Å². The molecule has 2 unspecified atom stereocenters. The maximum absolute atomic E-state index is 12.8. The van der Waals surface area contributed by atoms with Crippen molar-refractivity contribution in [2.45, 2.75) is 218 Å². The zero-order valence-corrected chi connectivity index (χ0v) is 39.0. The molecule has 0 aromatic carbocycles. The number of allylic oxidation sites excluding steroid dienone is 10. The summed E-state index contributed by atoms with van der Waals surface area (Å²) in [4.78, 5) is 25.4. The summed E-state index contributed by atoms with van der Waals surface area (Å²) >= 11 is 0. The van der Waals surface area contributed by atoms with E-state index in [1.165, 1.54) is 64.2 Å². The minimum absolute atomic E-state index is 0.150. The fourth-order valence-corrected chi connectivity index (χ4v) is 7.53. The first-order chi connectivity index (χ1) is 30.0. The van der Waals surface area contributed by atoms with Gasteiger partial charge in [0.25, 0.3) is 10.1 Å². The van der Waals surface area contributed by atoms with Crippen LogP contribution in [0.15, 0.2) is 60.8 Å². The third kappa shape index (κ3) is 32.9. The predicted molar refractivity (Wildman–Crippen MR) is 247 cm³/mol. The molecule has 12 nitrogen and oxygen atoms in total. The number of esters is 2. The van der Waals surface area contributed by atoms with Crippen molar-refractivity contribution in [1.29, 1.82) is 0 Å². The van der Waals surface area contributed by atoms with Crippen molar-refractivity contribution >= 4 is 22.1 Å². The predicted octanol–water partition coefficient (Wildman–Crippen LogP) is 10.1. The summed E-state index contributed by atoms with van der Waals surface area (Å²) in [5.41, 5.74) is 0. The first-order valence-corrected chi connectivity index (χ1v) is 25.5. The van der Waals surface area contributed by atoms with Crippen molar-refractivity contribution in [3.8, 4) is 0 Å². The Bertz CT molecular complexity index is 1370.